The summed E-state index contributed by atoms with van der Waals surface area (Å²) in [7, 11) is 0. The molecule has 3 heterocycles. The van der Waals surface area contributed by atoms with E-state index in [1.54, 1.807) is 18.2 Å². The summed E-state index contributed by atoms with van der Waals surface area (Å²) in [4.78, 5) is 19.2. The van der Waals surface area contributed by atoms with E-state index in [0.29, 0.717) is 11.3 Å². The van der Waals surface area contributed by atoms with Crippen molar-refractivity contribution in [2.75, 3.05) is 36.4 Å². The topological polar surface area (TPSA) is 81.9 Å². The third-order valence-corrected chi connectivity index (χ3v) is 4.36. The Labute approximate surface area is 144 Å². The summed E-state index contributed by atoms with van der Waals surface area (Å²) in [6, 6.07) is 8.27. The molecular weight excluding hydrogens is 318 g/mol. The fourth-order valence-electron chi connectivity index (χ4n) is 3.02. The van der Waals surface area contributed by atoms with Gasteiger partial charge >= 0.3 is 0 Å². The second-order valence-electron chi connectivity index (χ2n) is 5.98. The fraction of sp³-hybridized carbons (Fsp3) is 0.222. The smallest absolute Gasteiger partial charge is 0.259 e. The van der Waals surface area contributed by atoms with Crippen molar-refractivity contribution in [1.82, 2.24) is 14.7 Å². The molecule has 1 aromatic carbocycles. The summed E-state index contributed by atoms with van der Waals surface area (Å²) in [5.41, 5.74) is 2.57. The first-order valence-corrected chi connectivity index (χ1v) is 8.24. The van der Waals surface area contributed by atoms with Crippen molar-refractivity contribution in [1.29, 1.82) is 0 Å². The summed E-state index contributed by atoms with van der Waals surface area (Å²) in [6.45, 7) is 3.83. The maximum atomic E-state index is 12.4. The minimum atomic E-state index is -0.362. The quantitative estimate of drug-likeness (QED) is 0.678. The van der Waals surface area contributed by atoms with Gasteiger partial charge in [-0.05, 0) is 18.2 Å². The fourth-order valence-corrected chi connectivity index (χ4v) is 3.02. The maximum absolute atomic E-state index is 12.4. The summed E-state index contributed by atoms with van der Waals surface area (Å²) < 4.78 is 1.90. The molecule has 0 aliphatic carbocycles. The second kappa shape index (κ2) is 6.45. The Morgan fingerprint density at radius 3 is 2.80 bits per heavy atom. The Morgan fingerprint density at radius 1 is 1.20 bits per heavy atom. The lowest BCUT2D eigenvalue weighted by Crippen LogP contribution is -2.43. The van der Waals surface area contributed by atoms with Gasteiger partial charge in [0.1, 0.15) is 5.75 Å². The SMILES string of the molecule is O=C(Nc1ccn2cc(N3CCNCC3)cnc12)c1ccccc1O. The largest absolute Gasteiger partial charge is 0.507 e. The zero-order valence-electron chi connectivity index (χ0n) is 13.6. The summed E-state index contributed by atoms with van der Waals surface area (Å²) in [5, 5.41) is 16.0. The van der Waals surface area contributed by atoms with Crippen molar-refractivity contribution in [3.63, 3.8) is 0 Å². The number of carbonyl (C=O) groups excluding carboxylic acids is 1. The van der Waals surface area contributed by atoms with E-state index in [1.165, 1.54) is 6.07 Å². The third-order valence-electron chi connectivity index (χ3n) is 4.36. The van der Waals surface area contributed by atoms with E-state index in [2.05, 4.69) is 20.5 Å². The predicted octanol–water partition coefficient (Wildman–Crippen LogP) is 1.70. The number of piperazine rings is 1. The van der Waals surface area contributed by atoms with Gasteiger partial charge in [-0.2, -0.15) is 0 Å². The number of hydrogen-bond acceptors (Lipinski definition) is 5. The molecule has 1 fully saturated rings. The molecular formula is C18H19N5O2. The molecule has 0 saturated carbocycles. The number of aromatic hydroxyl groups is 1. The Kier molecular flexibility index (Phi) is 3.99. The number of benzene rings is 1. The number of carbonyl (C=O) groups is 1. The number of fused-ring (bicyclic) bond motifs is 1. The zero-order valence-corrected chi connectivity index (χ0v) is 13.6. The number of aromatic nitrogens is 2. The van der Waals surface area contributed by atoms with Crippen LogP contribution >= 0.6 is 0 Å². The molecule has 128 valence electrons. The van der Waals surface area contributed by atoms with Crippen LogP contribution in [0.3, 0.4) is 0 Å². The van der Waals surface area contributed by atoms with E-state index in [9.17, 15) is 9.90 Å². The van der Waals surface area contributed by atoms with Crippen LogP contribution in [0.1, 0.15) is 10.4 Å². The molecule has 0 radical (unpaired) electrons. The molecule has 0 atom stereocenters. The van der Waals surface area contributed by atoms with Gasteiger partial charge in [0.15, 0.2) is 5.65 Å². The number of anilines is 2. The van der Waals surface area contributed by atoms with Crippen molar-refractivity contribution < 1.29 is 9.90 Å². The molecule has 7 heteroatoms. The molecule has 3 N–H and O–H groups in total. The van der Waals surface area contributed by atoms with Crippen LogP contribution < -0.4 is 15.5 Å². The highest BCUT2D eigenvalue weighted by atomic mass is 16.3. The van der Waals surface area contributed by atoms with Crippen molar-refractivity contribution >= 4 is 22.9 Å². The van der Waals surface area contributed by atoms with Crippen molar-refractivity contribution in [2.45, 2.75) is 0 Å². The molecule has 3 aromatic rings. The number of nitrogens with one attached hydrogen (secondary N) is 2. The molecule has 1 aliphatic rings. The van der Waals surface area contributed by atoms with Crippen molar-refractivity contribution in [3.05, 3.63) is 54.5 Å². The van der Waals surface area contributed by atoms with Gasteiger partial charge in [0, 0.05) is 38.6 Å². The first-order chi connectivity index (χ1) is 12.2. The van der Waals surface area contributed by atoms with Gasteiger partial charge < -0.3 is 25.0 Å². The van der Waals surface area contributed by atoms with Gasteiger partial charge in [-0.15, -0.1) is 0 Å². The molecule has 1 amide bonds. The normalized spacial score (nSPS) is 14.6. The first-order valence-electron chi connectivity index (χ1n) is 8.24. The van der Waals surface area contributed by atoms with Crippen LogP contribution in [0.2, 0.25) is 0 Å². The highest BCUT2D eigenvalue weighted by Gasteiger charge is 2.15. The zero-order chi connectivity index (χ0) is 17.2. The van der Waals surface area contributed by atoms with E-state index >= 15 is 0 Å². The summed E-state index contributed by atoms with van der Waals surface area (Å²) in [5.74, 6) is -0.406. The Balaban J connectivity index is 1.59. The highest BCUT2D eigenvalue weighted by Crippen LogP contribution is 2.23. The van der Waals surface area contributed by atoms with Crippen LogP contribution in [0.15, 0.2) is 48.9 Å². The van der Waals surface area contributed by atoms with E-state index in [-0.39, 0.29) is 17.2 Å². The Hall–Kier alpha value is -3.06. The van der Waals surface area contributed by atoms with Gasteiger partial charge in [-0.1, -0.05) is 12.1 Å². The minimum Gasteiger partial charge on any atom is -0.507 e. The summed E-state index contributed by atoms with van der Waals surface area (Å²) in [6.07, 6.45) is 5.72. The second-order valence-corrected chi connectivity index (χ2v) is 5.98. The van der Waals surface area contributed by atoms with Gasteiger partial charge in [-0.25, -0.2) is 4.98 Å². The van der Waals surface area contributed by atoms with Gasteiger partial charge in [0.2, 0.25) is 0 Å². The lowest BCUT2D eigenvalue weighted by molar-refractivity contribution is 0.102. The lowest BCUT2D eigenvalue weighted by atomic mass is 10.2. The number of phenols is 1. The maximum Gasteiger partial charge on any atom is 0.259 e. The number of rotatable bonds is 3. The standard InChI is InChI=1S/C18H19N5O2/c24-16-4-2-1-3-14(16)18(25)21-15-5-8-23-12-13(11-20-17(15)23)22-9-6-19-7-10-22/h1-5,8,11-12,19,24H,6-7,9-10H2,(H,21,25). The van der Waals surface area contributed by atoms with Crippen molar-refractivity contribution in [3.8, 4) is 5.75 Å². The third kappa shape index (κ3) is 3.01. The predicted molar refractivity (Wildman–Crippen MR) is 96.3 cm³/mol. The molecule has 0 bridgehead atoms. The highest BCUT2D eigenvalue weighted by molar-refractivity contribution is 6.07. The van der Waals surface area contributed by atoms with Crippen molar-refractivity contribution in [2.24, 2.45) is 0 Å². The Morgan fingerprint density at radius 2 is 2.00 bits per heavy atom. The van der Waals surface area contributed by atoms with Crippen LogP contribution in [0.25, 0.3) is 5.65 Å². The number of amides is 1. The molecule has 1 saturated heterocycles. The van der Waals surface area contributed by atoms with E-state index in [0.717, 1.165) is 31.9 Å². The number of phenolic OH excluding ortho intramolecular Hbond substituents is 1. The lowest BCUT2D eigenvalue weighted by Gasteiger charge is -2.29. The van der Waals surface area contributed by atoms with Crippen LogP contribution in [0.4, 0.5) is 11.4 Å². The molecule has 4 rings (SSSR count). The first kappa shape index (κ1) is 15.5. The van der Waals surface area contributed by atoms with E-state index < -0.39 is 0 Å². The number of para-hydroxylation sites is 1. The van der Waals surface area contributed by atoms with Crippen LogP contribution in [0, 0.1) is 0 Å². The molecule has 0 unspecified atom stereocenters. The van der Waals surface area contributed by atoms with E-state index in [1.807, 2.05) is 29.1 Å². The number of hydrogen-bond donors (Lipinski definition) is 3. The monoisotopic (exact) mass is 337 g/mol. The van der Waals surface area contributed by atoms with E-state index in [4.69, 9.17) is 0 Å². The molecule has 2 aromatic heterocycles. The Bertz CT molecular complexity index is 915. The average molecular weight is 337 g/mol. The van der Waals surface area contributed by atoms with Gasteiger partial charge in [-0.3, -0.25) is 4.79 Å². The molecule has 0 spiro atoms. The van der Waals surface area contributed by atoms with Crippen LogP contribution in [-0.2, 0) is 0 Å². The van der Waals surface area contributed by atoms with Crippen LogP contribution in [0.5, 0.6) is 5.75 Å². The average Bonchev–Trinajstić information content (AvgIpc) is 3.05. The molecule has 25 heavy (non-hydrogen) atoms. The minimum absolute atomic E-state index is 0.0440. The van der Waals surface area contributed by atoms with Gasteiger partial charge in [0.25, 0.3) is 5.91 Å². The number of nitrogens with zero attached hydrogens (tertiary/aromatic N) is 3. The molecule has 7 nitrogen and oxygen atoms in total. The summed E-state index contributed by atoms with van der Waals surface area (Å²) >= 11 is 0. The van der Waals surface area contributed by atoms with Crippen LogP contribution in [-0.4, -0.2) is 46.6 Å². The molecule has 1 aliphatic heterocycles. The van der Waals surface area contributed by atoms with Gasteiger partial charge in [0.05, 0.1) is 23.1 Å².